The van der Waals surface area contributed by atoms with Gasteiger partial charge in [-0.25, -0.2) is 0 Å². The van der Waals surface area contributed by atoms with E-state index < -0.39 is 5.60 Å². The van der Waals surface area contributed by atoms with Crippen LogP contribution in [-0.4, -0.2) is 25.2 Å². The molecular weight excluding hydrogens is 310 g/mol. The third-order valence-corrected chi connectivity index (χ3v) is 3.78. The fourth-order valence-electron chi connectivity index (χ4n) is 1.96. The molecule has 19 heavy (non-hydrogen) atoms. The number of halogens is 1. The summed E-state index contributed by atoms with van der Waals surface area (Å²) in [5, 5.41) is 2.88. The highest BCUT2D eigenvalue weighted by Crippen LogP contribution is 2.32. The summed E-state index contributed by atoms with van der Waals surface area (Å²) in [7, 11) is 1.53. The van der Waals surface area contributed by atoms with E-state index in [2.05, 4.69) is 27.3 Å². The Kier molecular flexibility index (Phi) is 4.16. The van der Waals surface area contributed by atoms with Crippen LogP contribution >= 0.6 is 15.9 Å². The highest BCUT2D eigenvalue weighted by molar-refractivity contribution is 9.10. The number of rotatable bonds is 4. The minimum Gasteiger partial charge on any atom is -0.493 e. The van der Waals surface area contributed by atoms with Crippen molar-refractivity contribution in [1.29, 1.82) is 0 Å². The Hall–Kier alpha value is -1.07. The molecule has 4 nitrogen and oxygen atoms in total. The number of nitrogens with one attached hydrogen (secondary N) is 1. The van der Waals surface area contributed by atoms with Gasteiger partial charge in [0.15, 0.2) is 0 Å². The molecule has 104 valence electrons. The number of fused-ring (bicyclic) bond motifs is 1. The van der Waals surface area contributed by atoms with Crippen LogP contribution in [-0.2, 0) is 22.5 Å². The minimum absolute atomic E-state index is 0.137. The highest BCUT2D eigenvalue weighted by Gasteiger charge is 2.27. The standard InChI is InChI=1S/C14H18BrNO3/c1-14(2,18-3)13(17)16-8-10-7-11(15)6-9-4-5-19-12(9)10/h6-7H,4-5,8H2,1-3H3,(H,16,17). The molecule has 1 amide bonds. The van der Waals surface area contributed by atoms with Crippen LogP contribution in [0.3, 0.4) is 0 Å². The topological polar surface area (TPSA) is 47.6 Å². The molecule has 1 aromatic rings. The van der Waals surface area contributed by atoms with Crippen LogP contribution in [0.5, 0.6) is 5.75 Å². The molecule has 0 bridgehead atoms. The summed E-state index contributed by atoms with van der Waals surface area (Å²) < 4.78 is 11.8. The molecule has 0 aromatic heterocycles. The zero-order valence-electron chi connectivity index (χ0n) is 11.4. The Bertz CT molecular complexity index is 500. The minimum atomic E-state index is -0.823. The van der Waals surface area contributed by atoms with Crippen LogP contribution < -0.4 is 10.1 Å². The first-order valence-corrected chi connectivity index (χ1v) is 7.01. The van der Waals surface area contributed by atoms with Gasteiger partial charge < -0.3 is 14.8 Å². The molecule has 0 aliphatic carbocycles. The molecule has 0 atom stereocenters. The maximum absolute atomic E-state index is 12.0. The molecule has 0 saturated heterocycles. The summed E-state index contributed by atoms with van der Waals surface area (Å²) in [5.74, 6) is 0.764. The van der Waals surface area contributed by atoms with Gasteiger partial charge >= 0.3 is 0 Å². The van der Waals surface area contributed by atoms with Crippen molar-refractivity contribution in [3.63, 3.8) is 0 Å². The lowest BCUT2D eigenvalue weighted by atomic mass is 10.1. The average Bonchev–Trinajstić information content (AvgIpc) is 2.83. The lowest BCUT2D eigenvalue weighted by Gasteiger charge is -2.22. The van der Waals surface area contributed by atoms with Gasteiger partial charge in [0.25, 0.3) is 5.91 Å². The highest BCUT2D eigenvalue weighted by atomic mass is 79.9. The van der Waals surface area contributed by atoms with E-state index in [4.69, 9.17) is 9.47 Å². The molecule has 0 unspecified atom stereocenters. The molecule has 0 saturated carbocycles. The van der Waals surface area contributed by atoms with Crippen LogP contribution in [0, 0.1) is 0 Å². The van der Waals surface area contributed by atoms with Crippen LogP contribution in [0.15, 0.2) is 16.6 Å². The second-order valence-corrected chi connectivity index (χ2v) is 5.96. The second kappa shape index (κ2) is 5.51. The molecule has 5 heteroatoms. The van der Waals surface area contributed by atoms with Gasteiger partial charge in [0.05, 0.1) is 6.61 Å². The molecule has 0 fully saturated rings. The number of hydrogen-bond donors (Lipinski definition) is 1. The van der Waals surface area contributed by atoms with Crippen LogP contribution in [0.2, 0.25) is 0 Å². The van der Waals surface area contributed by atoms with Gasteiger partial charge in [-0.15, -0.1) is 0 Å². The number of ether oxygens (including phenoxy) is 2. The smallest absolute Gasteiger partial charge is 0.251 e. The molecule has 1 aromatic carbocycles. The van der Waals surface area contributed by atoms with Gasteiger partial charge in [-0.1, -0.05) is 15.9 Å². The van der Waals surface area contributed by atoms with E-state index >= 15 is 0 Å². The Morgan fingerprint density at radius 3 is 2.95 bits per heavy atom. The first-order valence-electron chi connectivity index (χ1n) is 6.21. The number of carbonyl (C=O) groups is 1. The Morgan fingerprint density at radius 1 is 1.53 bits per heavy atom. The molecule has 1 aliphatic rings. The van der Waals surface area contributed by atoms with Crippen molar-refractivity contribution in [3.05, 3.63) is 27.7 Å². The predicted octanol–water partition coefficient (Wildman–Crippen LogP) is 2.43. The van der Waals surface area contributed by atoms with Gasteiger partial charge in [0, 0.05) is 30.1 Å². The Morgan fingerprint density at radius 2 is 2.26 bits per heavy atom. The van der Waals surface area contributed by atoms with Crippen LogP contribution in [0.25, 0.3) is 0 Å². The SMILES string of the molecule is COC(C)(C)C(=O)NCc1cc(Br)cc2c1OCC2. The summed E-state index contributed by atoms with van der Waals surface area (Å²) in [6, 6.07) is 4.04. The van der Waals surface area contributed by atoms with Crippen LogP contribution in [0.1, 0.15) is 25.0 Å². The monoisotopic (exact) mass is 327 g/mol. The van der Waals surface area contributed by atoms with Crippen molar-refractivity contribution in [1.82, 2.24) is 5.32 Å². The lowest BCUT2D eigenvalue weighted by molar-refractivity contribution is -0.139. The van der Waals surface area contributed by atoms with Crippen molar-refractivity contribution in [2.24, 2.45) is 0 Å². The van der Waals surface area contributed by atoms with Gasteiger partial charge in [-0.2, -0.15) is 0 Å². The fourth-order valence-corrected chi connectivity index (χ4v) is 2.51. The third-order valence-electron chi connectivity index (χ3n) is 3.32. The first kappa shape index (κ1) is 14.3. The van der Waals surface area contributed by atoms with Crippen molar-refractivity contribution >= 4 is 21.8 Å². The van der Waals surface area contributed by atoms with Crippen molar-refractivity contribution in [2.75, 3.05) is 13.7 Å². The van der Waals surface area contributed by atoms with Gasteiger partial charge in [-0.3, -0.25) is 4.79 Å². The number of hydrogen-bond acceptors (Lipinski definition) is 3. The quantitative estimate of drug-likeness (QED) is 0.923. The van der Waals surface area contributed by atoms with Crippen LogP contribution in [0.4, 0.5) is 0 Å². The van der Waals surface area contributed by atoms with E-state index in [0.717, 1.165) is 22.2 Å². The third kappa shape index (κ3) is 3.09. The first-order chi connectivity index (χ1) is 8.94. The van der Waals surface area contributed by atoms with E-state index in [1.165, 1.54) is 12.7 Å². The summed E-state index contributed by atoms with van der Waals surface area (Å²) in [4.78, 5) is 12.0. The zero-order valence-corrected chi connectivity index (χ0v) is 13.0. The summed E-state index contributed by atoms with van der Waals surface area (Å²) >= 11 is 3.48. The molecule has 0 radical (unpaired) electrons. The largest absolute Gasteiger partial charge is 0.493 e. The molecular formula is C14H18BrNO3. The van der Waals surface area contributed by atoms with E-state index in [-0.39, 0.29) is 5.91 Å². The molecule has 1 heterocycles. The Balaban J connectivity index is 2.11. The van der Waals surface area contributed by atoms with E-state index in [1.54, 1.807) is 13.8 Å². The van der Waals surface area contributed by atoms with Gasteiger partial charge in [-0.05, 0) is 31.5 Å². The number of methoxy groups -OCH3 is 1. The predicted molar refractivity (Wildman–Crippen MR) is 76.3 cm³/mol. The number of benzene rings is 1. The van der Waals surface area contributed by atoms with E-state index in [9.17, 15) is 4.79 Å². The summed E-state index contributed by atoms with van der Waals surface area (Å²) in [6.45, 7) is 4.62. The number of amides is 1. The maximum Gasteiger partial charge on any atom is 0.251 e. The van der Waals surface area contributed by atoms with Gasteiger partial charge in [0.1, 0.15) is 11.4 Å². The van der Waals surface area contributed by atoms with E-state index in [1.807, 2.05) is 6.07 Å². The summed E-state index contributed by atoms with van der Waals surface area (Å²) in [6.07, 6.45) is 0.916. The van der Waals surface area contributed by atoms with Crippen molar-refractivity contribution in [3.8, 4) is 5.75 Å². The van der Waals surface area contributed by atoms with Crippen molar-refractivity contribution in [2.45, 2.75) is 32.4 Å². The Labute approximate surface area is 121 Å². The fraction of sp³-hybridized carbons (Fsp3) is 0.500. The molecule has 2 rings (SSSR count). The second-order valence-electron chi connectivity index (χ2n) is 5.05. The number of carbonyl (C=O) groups excluding carboxylic acids is 1. The molecule has 0 spiro atoms. The summed E-state index contributed by atoms with van der Waals surface area (Å²) in [5.41, 5.74) is 1.35. The normalized spacial score (nSPS) is 13.9. The molecule has 1 N–H and O–H groups in total. The van der Waals surface area contributed by atoms with E-state index in [0.29, 0.717) is 13.2 Å². The van der Waals surface area contributed by atoms with Crippen molar-refractivity contribution < 1.29 is 14.3 Å². The molecule has 1 aliphatic heterocycles. The lowest BCUT2D eigenvalue weighted by Crippen LogP contribution is -2.43. The maximum atomic E-state index is 12.0. The van der Waals surface area contributed by atoms with Gasteiger partial charge in [0.2, 0.25) is 0 Å². The average molecular weight is 328 g/mol. The zero-order chi connectivity index (χ0) is 14.0.